The average molecular weight is 392 g/mol. The quantitative estimate of drug-likeness (QED) is 0.463. The van der Waals surface area contributed by atoms with E-state index >= 15 is 0 Å². The van der Waals surface area contributed by atoms with E-state index in [0.717, 1.165) is 12.8 Å². The molecule has 1 atom stereocenters. The average Bonchev–Trinajstić information content (AvgIpc) is 3.13. The van der Waals surface area contributed by atoms with Crippen molar-refractivity contribution in [2.45, 2.75) is 30.6 Å². The predicted molar refractivity (Wildman–Crippen MR) is 103 cm³/mol. The van der Waals surface area contributed by atoms with Gasteiger partial charge in [0, 0.05) is 11.6 Å². The smallest absolute Gasteiger partial charge is 0.262 e. The Morgan fingerprint density at radius 1 is 1.54 bits per heavy atom. The monoisotopic (exact) mass is 391 g/mol. The molecule has 0 aliphatic carbocycles. The molecular formula is C18H18ClN3O3S. The lowest BCUT2D eigenvalue weighted by molar-refractivity contribution is -0.118. The molecule has 0 spiro atoms. The molecule has 8 heteroatoms. The van der Waals surface area contributed by atoms with Crippen LogP contribution >= 0.6 is 23.4 Å². The van der Waals surface area contributed by atoms with Gasteiger partial charge in [-0.3, -0.25) is 14.2 Å². The molecule has 1 N–H and O–H groups in total. The molecule has 136 valence electrons. The van der Waals surface area contributed by atoms with Crippen molar-refractivity contribution in [1.29, 1.82) is 0 Å². The Kier molecular flexibility index (Phi) is 6.20. The highest BCUT2D eigenvalue weighted by atomic mass is 35.5. The third-order valence-corrected chi connectivity index (χ3v) is 5.22. The minimum absolute atomic E-state index is 0.0196. The number of amides is 1. The molecule has 6 nitrogen and oxygen atoms in total. The molecule has 0 saturated carbocycles. The summed E-state index contributed by atoms with van der Waals surface area (Å²) in [4.78, 5) is 29.4. The summed E-state index contributed by atoms with van der Waals surface area (Å²) in [5, 5.41) is 4.07. The van der Waals surface area contributed by atoms with Crippen molar-refractivity contribution in [3.8, 4) is 12.3 Å². The first-order chi connectivity index (χ1) is 12.6. The van der Waals surface area contributed by atoms with Crippen LogP contribution in [0.2, 0.25) is 5.02 Å². The van der Waals surface area contributed by atoms with Crippen molar-refractivity contribution in [3.63, 3.8) is 0 Å². The fourth-order valence-corrected chi connectivity index (χ4v) is 3.77. The standard InChI is InChI=1S/C18H18ClN3O3S/c1-2-7-20-16(23)11-26-18-21-15-9-12(19)5-6-14(15)17(24)22(18)10-13-4-3-8-25-13/h1,5-6,9,13H,3-4,7-8,10-11H2,(H,20,23)/t13-/m1/s1. The Hall–Kier alpha value is -2.01. The van der Waals surface area contributed by atoms with Crippen molar-refractivity contribution in [3.05, 3.63) is 33.6 Å². The number of thioether (sulfide) groups is 1. The summed E-state index contributed by atoms with van der Waals surface area (Å²) >= 11 is 7.22. The largest absolute Gasteiger partial charge is 0.376 e. The number of nitrogens with zero attached hydrogens (tertiary/aromatic N) is 2. The number of benzene rings is 1. The summed E-state index contributed by atoms with van der Waals surface area (Å²) in [5.74, 6) is 2.26. The number of aromatic nitrogens is 2. The van der Waals surface area contributed by atoms with E-state index < -0.39 is 0 Å². The van der Waals surface area contributed by atoms with Crippen molar-refractivity contribution in [2.24, 2.45) is 0 Å². The van der Waals surface area contributed by atoms with Crippen LogP contribution in [0.15, 0.2) is 28.2 Å². The van der Waals surface area contributed by atoms with Crippen LogP contribution in [0.25, 0.3) is 10.9 Å². The van der Waals surface area contributed by atoms with Gasteiger partial charge in [0.15, 0.2) is 5.16 Å². The van der Waals surface area contributed by atoms with Gasteiger partial charge in [0.05, 0.1) is 35.8 Å². The van der Waals surface area contributed by atoms with Gasteiger partial charge in [-0.15, -0.1) is 6.42 Å². The first-order valence-corrected chi connectivity index (χ1v) is 9.59. The van der Waals surface area contributed by atoms with E-state index in [9.17, 15) is 9.59 Å². The number of carbonyl (C=O) groups is 1. The Bertz CT molecular complexity index is 916. The van der Waals surface area contributed by atoms with Gasteiger partial charge in [-0.05, 0) is 31.0 Å². The van der Waals surface area contributed by atoms with E-state index in [0.29, 0.717) is 34.2 Å². The van der Waals surface area contributed by atoms with E-state index in [1.807, 2.05) is 0 Å². The number of hydrogen-bond acceptors (Lipinski definition) is 5. The summed E-state index contributed by atoms with van der Waals surface area (Å²) in [6.45, 7) is 1.29. The third kappa shape index (κ3) is 4.39. The number of nitrogens with one attached hydrogen (secondary N) is 1. The molecule has 2 heterocycles. The van der Waals surface area contributed by atoms with Crippen LogP contribution in [0.5, 0.6) is 0 Å². The van der Waals surface area contributed by atoms with Gasteiger partial charge in [0.1, 0.15) is 0 Å². The van der Waals surface area contributed by atoms with E-state index in [1.54, 1.807) is 22.8 Å². The number of carbonyl (C=O) groups excluding carboxylic acids is 1. The minimum Gasteiger partial charge on any atom is -0.376 e. The SMILES string of the molecule is C#CCNC(=O)CSc1nc2cc(Cl)ccc2c(=O)n1C[C@H]1CCCO1. The second kappa shape index (κ2) is 8.58. The fourth-order valence-electron chi connectivity index (χ4n) is 2.77. The lowest BCUT2D eigenvalue weighted by atomic mass is 10.2. The molecular weight excluding hydrogens is 374 g/mol. The second-order valence-electron chi connectivity index (χ2n) is 5.88. The number of terminal acetylenes is 1. The zero-order valence-corrected chi connectivity index (χ0v) is 15.6. The van der Waals surface area contributed by atoms with E-state index in [1.165, 1.54) is 11.8 Å². The van der Waals surface area contributed by atoms with Gasteiger partial charge in [0.2, 0.25) is 5.91 Å². The maximum absolute atomic E-state index is 12.9. The molecule has 1 aromatic heterocycles. The molecule has 1 fully saturated rings. The summed E-state index contributed by atoms with van der Waals surface area (Å²) in [5.41, 5.74) is 0.353. The van der Waals surface area contributed by atoms with Crippen LogP contribution in [0.4, 0.5) is 0 Å². The molecule has 1 aromatic carbocycles. The number of halogens is 1. The molecule has 0 unspecified atom stereocenters. The van der Waals surface area contributed by atoms with Crippen LogP contribution < -0.4 is 10.9 Å². The van der Waals surface area contributed by atoms with Crippen molar-refractivity contribution < 1.29 is 9.53 Å². The van der Waals surface area contributed by atoms with Gasteiger partial charge < -0.3 is 10.1 Å². The fraction of sp³-hybridized carbons (Fsp3) is 0.389. The van der Waals surface area contributed by atoms with Crippen LogP contribution in [0.3, 0.4) is 0 Å². The Morgan fingerprint density at radius 3 is 3.12 bits per heavy atom. The molecule has 1 aliphatic heterocycles. The number of rotatable bonds is 6. The van der Waals surface area contributed by atoms with Crippen LogP contribution in [0.1, 0.15) is 12.8 Å². The highest BCUT2D eigenvalue weighted by molar-refractivity contribution is 7.99. The summed E-state index contributed by atoms with van der Waals surface area (Å²) in [6.07, 6.45) is 7.00. The Morgan fingerprint density at radius 2 is 2.38 bits per heavy atom. The first-order valence-electron chi connectivity index (χ1n) is 8.23. The summed E-state index contributed by atoms with van der Waals surface area (Å²) in [6, 6.07) is 4.99. The van der Waals surface area contributed by atoms with E-state index in [4.69, 9.17) is 22.8 Å². The number of ether oxygens (including phenoxy) is 1. The molecule has 2 aromatic rings. The zero-order valence-electron chi connectivity index (χ0n) is 14.0. The molecule has 1 amide bonds. The summed E-state index contributed by atoms with van der Waals surface area (Å²) in [7, 11) is 0. The topological polar surface area (TPSA) is 73.2 Å². The molecule has 0 radical (unpaired) electrons. The Balaban J connectivity index is 1.93. The second-order valence-corrected chi connectivity index (χ2v) is 7.26. The van der Waals surface area contributed by atoms with Gasteiger partial charge in [-0.1, -0.05) is 29.3 Å². The minimum atomic E-state index is -0.211. The first kappa shape index (κ1) is 18.8. The normalized spacial score (nSPS) is 16.5. The van der Waals surface area contributed by atoms with Crippen LogP contribution in [-0.4, -0.2) is 40.5 Å². The maximum Gasteiger partial charge on any atom is 0.262 e. The highest BCUT2D eigenvalue weighted by Gasteiger charge is 2.20. The lowest BCUT2D eigenvalue weighted by Crippen LogP contribution is -2.30. The van der Waals surface area contributed by atoms with Crippen LogP contribution in [0, 0.1) is 12.3 Å². The molecule has 26 heavy (non-hydrogen) atoms. The Labute approximate surface area is 160 Å². The van der Waals surface area contributed by atoms with E-state index in [-0.39, 0.29) is 29.9 Å². The lowest BCUT2D eigenvalue weighted by Gasteiger charge is -2.16. The van der Waals surface area contributed by atoms with Crippen molar-refractivity contribution >= 4 is 40.2 Å². The van der Waals surface area contributed by atoms with Gasteiger partial charge in [-0.2, -0.15) is 0 Å². The summed E-state index contributed by atoms with van der Waals surface area (Å²) < 4.78 is 7.25. The van der Waals surface area contributed by atoms with Gasteiger partial charge in [-0.25, -0.2) is 4.98 Å². The zero-order chi connectivity index (χ0) is 18.5. The maximum atomic E-state index is 12.9. The third-order valence-electron chi connectivity index (χ3n) is 4.01. The molecule has 1 saturated heterocycles. The van der Waals surface area contributed by atoms with Gasteiger partial charge in [0.25, 0.3) is 5.56 Å². The van der Waals surface area contributed by atoms with Gasteiger partial charge >= 0.3 is 0 Å². The van der Waals surface area contributed by atoms with Crippen molar-refractivity contribution in [2.75, 3.05) is 18.9 Å². The number of hydrogen-bond donors (Lipinski definition) is 1. The van der Waals surface area contributed by atoms with Crippen molar-refractivity contribution in [1.82, 2.24) is 14.9 Å². The number of fused-ring (bicyclic) bond motifs is 1. The molecule has 0 bridgehead atoms. The molecule has 1 aliphatic rings. The van der Waals surface area contributed by atoms with E-state index in [2.05, 4.69) is 16.2 Å². The highest BCUT2D eigenvalue weighted by Crippen LogP contribution is 2.22. The molecule has 3 rings (SSSR count). The van der Waals surface area contributed by atoms with Crippen LogP contribution in [-0.2, 0) is 16.1 Å². The predicted octanol–water partition coefficient (Wildman–Crippen LogP) is 2.07.